The molecule has 0 fully saturated rings. The van der Waals surface area contributed by atoms with Crippen LogP contribution in [-0.2, 0) is 0 Å². The summed E-state index contributed by atoms with van der Waals surface area (Å²) in [7, 11) is 0. The first-order valence-corrected chi connectivity index (χ1v) is 44.0. The van der Waals surface area contributed by atoms with Crippen LogP contribution in [0.5, 0.6) is 0 Å². The molecule has 0 unspecified atom stereocenters. The van der Waals surface area contributed by atoms with E-state index in [1.54, 1.807) is 0 Å². The number of para-hydroxylation sites is 8. The summed E-state index contributed by atoms with van der Waals surface area (Å²) < 4.78 is 16.9. The molecule has 0 saturated heterocycles. The Balaban J connectivity index is 0.000000105. The normalized spacial score (nSPS) is 11.8. The molecule has 0 aliphatic rings. The van der Waals surface area contributed by atoms with Crippen molar-refractivity contribution in [1.82, 2.24) is 37.4 Å². The van der Waals surface area contributed by atoms with E-state index in [0.29, 0.717) is 0 Å². The molecule has 0 aliphatic heterocycles. The van der Waals surface area contributed by atoms with E-state index in [2.05, 4.69) is 474 Å². The molecule has 18 aromatic carbocycles. The van der Waals surface area contributed by atoms with Gasteiger partial charge in [0.1, 0.15) is 0 Å². The van der Waals surface area contributed by atoms with Crippen LogP contribution in [0, 0.1) is 0 Å². The number of hydrogen-bond acceptors (Lipinski definition) is 3. The zero-order chi connectivity index (χ0) is 83.6. The van der Waals surface area contributed by atoms with Gasteiger partial charge >= 0.3 is 0 Å². The van der Waals surface area contributed by atoms with Crippen molar-refractivity contribution < 1.29 is 0 Å². The van der Waals surface area contributed by atoms with Crippen LogP contribution in [0.3, 0.4) is 0 Å². The van der Waals surface area contributed by atoms with Crippen LogP contribution in [0.25, 0.3) is 230 Å². The van der Waals surface area contributed by atoms with Gasteiger partial charge in [0.2, 0.25) is 0 Å². The van der Waals surface area contributed by atoms with Crippen molar-refractivity contribution >= 4 is 162 Å². The van der Waals surface area contributed by atoms with E-state index in [1.807, 2.05) is 36.1 Å². The molecule has 594 valence electrons. The average Bonchev–Trinajstić information content (AvgIpc) is 1.59. The van der Waals surface area contributed by atoms with Gasteiger partial charge in [0, 0.05) is 144 Å². The van der Waals surface area contributed by atoms with E-state index >= 15 is 0 Å². The monoisotopic (exact) mass is 1640 g/mol. The maximum atomic E-state index is 4.22. The number of hydrogen-bond donors (Lipinski definition) is 0. The molecule has 27 rings (SSSR count). The van der Waals surface area contributed by atoms with Crippen LogP contribution in [-0.4, -0.2) is 37.4 Å². The number of aromatic nitrogens is 8. The summed E-state index contributed by atoms with van der Waals surface area (Å²) in [5, 5.41) is 17.8. The van der Waals surface area contributed by atoms with Gasteiger partial charge < -0.3 is 27.4 Å². The molecule has 127 heavy (non-hydrogen) atoms. The number of thiophene rings is 1. The smallest absolute Gasteiger partial charge is 0.0541 e. The summed E-state index contributed by atoms with van der Waals surface area (Å²) in [5.74, 6) is 0. The van der Waals surface area contributed by atoms with E-state index in [-0.39, 0.29) is 0 Å². The summed E-state index contributed by atoms with van der Waals surface area (Å²) in [6.07, 6.45) is 7.40. The van der Waals surface area contributed by atoms with Crippen LogP contribution >= 0.6 is 11.3 Å². The topological polar surface area (TPSA) is 55.4 Å². The van der Waals surface area contributed by atoms with Crippen molar-refractivity contribution in [3.63, 3.8) is 0 Å². The van der Waals surface area contributed by atoms with Crippen LogP contribution < -0.4 is 0 Å². The molecule has 27 aromatic rings. The number of fused-ring (bicyclic) bond motifs is 21. The third kappa shape index (κ3) is 12.2. The molecular formula is C118H76N8S. The zero-order valence-corrected chi connectivity index (χ0v) is 69.7. The average molecular weight is 1640 g/mol. The molecule has 9 heterocycles. The summed E-state index contributed by atoms with van der Waals surface area (Å²) >= 11 is 1.86. The first-order chi connectivity index (χ1) is 63.0. The highest BCUT2D eigenvalue weighted by Gasteiger charge is 2.23. The standard InChI is InChI=1S/C48H30N2S.C36H24N2.C34H22N4/c1-2-10-31(11-3-1)32-18-22-35(23-19-32)49-43-15-7-4-12-37(43)40-28-33(20-25-45(40)49)34-21-26-46-41(29-34)38-13-5-8-16-44(38)50(46)36-24-27-48-42(30-36)39-14-6-9-17-47(39)51-48;1-3-11-27(12-4-1)37-33-17-9-7-15-29(33)31-23-25(19-21-35(31)37)26-20-22-36-32(24-26)30-16-8-10-18-34(30)38(36)28-13-5-2-6-14-28;1-3-7-31-27(5-1)29-21-23(9-11-33(29)37(31)25-13-17-35-18-14-25)24-10-12-34-30(22-24)28-6-2-4-8-32(28)38(34)26-15-19-36-20-16-26/h1-30H;1-24H;1-22H. The van der Waals surface area contributed by atoms with Crippen LogP contribution in [0.1, 0.15) is 0 Å². The van der Waals surface area contributed by atoms with Crippen LogP contribution in [0.15, 0.2) is 462 Å². The zero-order valence-electron chi connectivity index (χ0n) is 68.9. The second-order valence-electron chi connectivity index (χ2n) is 32.8. The largest absolute Gasteiger partial charge is 0.309 e. The maximum Gasteiger partial charge on any atom is 0.0541 e. The van der Waals surface area contributed by atoms with E-state index in [0.717, 1.165) is 17.1 Å². The number of nitrogens with zero attached hydrogens (tertiary/aromatic N) is 8. The molecule has 0 amide bonds. The van der Waals surface area contributed by atoms with Gasteiger partial charge in [0.05, 0.1) is 66.2 Å². The molecule has 0 atom stereocenters. The van der Waals surface area contributed by atoms with Crippen molar-refractivity contribution in [1.29, 1.82) is 0 Å². The number of pyridine rings is 2. The molecule has 0 N–H and O–H groups in total. The van der Waals surface area contributed by atoms with Crippen molar-refractivity contribution in [3.8, 4) is 78.6 Å². The van der Waals surface area contributed by atoms with Crippen molar-refractivity contribution in [3.05, 3.63) is 462 Å². The molecular weight excluding hydrogens is 1560 g/mol. The fourth-order valence-corrected chi connectivity index (χ4v) is 21.1. The summed E-state index contributed by atoms with van der Waals surface area (Å²) in [5.41, 5.74) is 31.3. The molecule has 9 aromatic heterocycles. The highest BCUT2D eigenvalue weighted by atomic mass is 32.1. The first kappa shape index (κ1) is 73.0. The van der Waals surface area contributed by atoms with Crippen molar-refractivity contribution in [2.45, 2.75) is 0 Å². The third-order valence-electron chi connectivity index (χ3n) is 25.8. The van der Waals surface area contributed by atoms with Gasteiger partial charge in [-0.1, -0.05) is 243 Å². The van der Waals surface area contributed by atoms with Crippen LogP contribution in [0.2, 0.25) is 0 Å². The Hall–Kier alpha value is -16.7. The van der Waals surface area contributed by atoms with Crippen molar-refractivity contribution in [2.75, 3.05) is 0 Å². The SMILES string of the molecule is c1ccc(-c2ccc(-n3c4ccccc4c4cc(-c5ccc6c(c5)c5ccccc5n6-c5ccc6sc7ccccc7c6c5)ccc43)cc2)cc1.c1ccc(-n2c3ccccc3c3cc(-c4ccc5c(c4)c4ccccc4n5-c4ccccc4)ccc32)cc1.c1ccc2c(c1)c1cc(-c3ccc4c(c3)c3ccccc3n4-c3ccncc3)ccc1n2-c1ccncc1. The van der Waals surface area contributed by atoms with Gasteiger partial charge in [-0.2, -0.15) is 0 Å². The lowest BCUT2D eigenvalue weighted by Crippen LogP contribution is -1.94. The second kappa shape index (κ2) is 30.1. The minimum absolute atomic E-state index is 1.12. The van der Waals surface area contributed by atoms with Gasteiger partial charge in [0.25, 0.3) is 0 Å². The van der Waals surface area contributed by atoms with Crippen molar-refractivity contribution in [2.24, 2.45) is 0 Å². The van der Waals surface area contributed by atoms with E-state index < -0.39 is 0 Å². The Morgan fingerprint density at radius 2 is 0.354 bits per heavy atom. The maximum absolute atomic E-state index is 4.22. The molecule has 0 bridgehead atoms. The Kier molecular flexibility index (Phi) is 17.3. The fourth-order valence-electron chi connectivity index (χ4n) is 20.0. The predicted octanol–water partition coefficient (Wildman–Crippen LogP) is 31.5. The number of rotatable bonds is 10. The Morgan fingerprint density at radius 1 is 0.134 bits per heavy atom. The molecule has 0 radical (unpaired) electrons. The van der Waals surface area contributed by atoms with Gasteiger partial charge in [0.15, 0.2) is 0 Å². The highest BCUT2D eigenvalue weighted by molar-refractivity contribution is 7.25. The van der Waals surface area contributed by atoms with E-state index in [9.17, 15) is 0 Å². The van der Waals surface area contributed by atoms with Gasteiger partial charge in [-0.05, 0) is 239 Å². The Morgan fingerprint density at radius 3 is 0.677 bits per heavy atom. The van der Waals surface area contributed by atoms with Gasteiger partial charge in [-0.15, -0.1) is 11.3 Å². The van der Waals surface area contributed by atoms with Gasteiger partial charge in [-0.25, -0.2) is 0 Å². The summed E-state index contributed by atoms with van der Waals surface area (Å²) in [6, 6.07) is 158. The quantitative estimate of drug-likeness (QED) is 0.137. The molecule has 0 aliphatic carbocycles. The lowest BCUT2D eigenvalue weighted by molar-refractivity contribution is 1.15. The minimum atomic E-state index is 1.12. The summed E-state index contributed by atoms with van der Waals surface area (Å²) in [4.78, 5) is 8.44. The Labute approximate surface area is 734 Å². The fraction of sp³-hybridized carbons (Fsp3) is 0. The molecule has 9 heteroatoms. The second-order valence-corrected chi connectivity index (χ2v) is 33.9. The molecule has 8 nitrogen and oxygen atoms in total. The summed E-state index contributed by atoms with van der Waals surface area (Å²) in [6.45, 7) is 0. The van der Waals surface area contributed by atoms with E-state index in [4.69, 9.17) is 0 Å². The van der Waals surface area contributed by atoms with Crippen LogP contribution in [0.4, 0.5) is 0 Å². The molecule has 0 spiro atoms. The van der Waals surface area contributed by atoms with E-state index in [1.165, 1.54) is 213 Å². The Bertz CT molecular complexity index is 8380. The lowest BCUT2D eigenvalue weighted by Gasteiger charge is -2.10. The third-order valence-corrected chi connectivity index (χ3v) is 26.9. The first-order valence-electron chi connectivity index (χ1n) is 43.2. The highest BCUT2D eigenvalue weighted by Crippen LogP contribution is 2.45. The lowest BCUT2D eigenvalue weighted by atomic mass is 10.0. The molecule has 0 saturated carbocycles. The van der Waals surface area contributed by atoms with Gasteiger partial charge in [-0.3, -0.25) is 9.97 Å². The minimum Gasteiger partial charge on any atom is -0.309 e. The number of benzene rings is 18. The predicted molar refractivity (Wildman–Crippen MR) is 536 cm³/mol.